The molecule has 5 rings (SSSR count). The SMILES string of the molecule is CCc1nc(NC(=O)Cc2cccc(C#N)c2)sc1C1CCCCC(c2nnc(NC(=O)Cc3cccc(C#N)c3)s2)C1. The van der Waals surface area contributed by atoms with E-state index in [4.69, 9.17) is 15.5 Å². The second-order valence-corrected chi connectivity index (χ2v) is 12.7. The Morgan fingerprint density at radius 3 is 2.07 bits per heavy atom. The summed E-state index contributed by atoms with van der Waals surface area (Å²) < 4.78 is 0. The molecular formula is C32H31N7O2S2. The first kappa shape index (κ1) is 30.0. The lowest BCUT2D eigenvalue weighted by molar-refractivity contribution is -0.116. The second-order valence-electron chi connectivity index (χ2n) is 10.6. The third-order valence-corrected chi connectivity index (χ3v) is 9.66. The molecule has 1 saturated carbocycles. The monoisotopic (exact) mass is 609 g/mol. The zero-order valence-corrected chi connectivity index (χ0v) is 25.4. The minimum atomic E-state index is -0.193. The molecule has 1 aliphatic rings. The molecule has 2 amide bonds. The summed E-state index contributed by atoms with van der Waals surface area (Å²) in [5, 5.41) is 34.8. The minimum absolute atomic E-state index is 0.155. The summed E-state index contributed by atoms with van der Waals surface area (Å²) in [4.78, 5) is 31.4. The third kappa shape index (κ3) is 7.89. The molecule has 2 heterocycles. The highest BCUT2D eigenvalue weighted by Gasteiger charge is 2.29. The molecule has 2 aromatic heterocycles. The predicted octanol–water partition coefficient (Wildman–Crippen LogP) is 6.49. The Hall–Kier alpha value is -4.45. The number of hydrogen-bond donors (Lipinski definition) is 2. The Morgan fingerprint density at radius 2 is 1.47 bits per heavy atom. The van der Waals surface area contributed by atoms with Gasteiger partial charge in [-0.3, -0.25) is 9.59 Å². The van der Waals surface area contributed by atoms with E-state index in [0.29, 0.717) is 27.3 Å². The number of carbonyl (C=O) groups is 2. The highest BCUT2D eigenvalue weighted by atomic mass is 32.1. The number of nitriles is 2. The largest absolute Gasteiger partial charge is 0.302 e. The van der Waals surface area contributed by atoms with Crippen LogP contribution in [0.2, 0.25) is 0 Å². The first-order valence-corrected chi connectivity index (χ1v) is 16.0. The number of nitrogens with one attached hydrogen (secondary N) is 2. The highest BCUT2D eigenvalue weighted by molar-refractivity contribution is 7.16. The van der Waals surface area contributed by atoms with Gasteiger partial charge < -0.3 is 10.6 Å². The molecule has 2 aromatic carbocycles. The Labute approximate surface area is 258 Å². The standard InChI is InChI=1S/C32H31N7O2S2/c1-2-26-29(42-31(35-26)36-27(40)15-20-7-5-9-22(13-20)18-33)24-11-3-4-12-25(17-24)30-38-39-32(43-30)37-28(41)16-21-8-6-10-23(14-21)19-34/h5-10,13-14,24-25H,2-4,11-12,15-17H2,1H3,(H,35,36,40)(H,37,39,41). The molecule has 9 nitrogen and oxygen atoms in total. The summed E-state index contributed by atoms with van der Waals surface area (Å²) in [6.45, 7) is 2.09. The molecule has 218 valence electrons. The normalized spacial score (nSPS) is 16.4. The molecule has 11 heteroatoms. The maximum Gasteiger partial charge on any atom is 0.230 e. The topological polar surface area (TPSA) is 144 Å². The van der Waals surface area contributed by atoms with Crippen LogP contribution in [0.25, 0.3) is 0 Å². The Balaban J connectivity index is 1.23. The Kier molecular flexibility index (Phi) is 9.88. The van der Waals surface area contributed by atoms with E-state index in [1.54, 1.807) is 47.7 Å². The number of thiazole rings is 1. The van der Waals surface area contributed by atoms with Crippen LogP contribution >= 0.6 is 22.7 Å². The lowest BCUT2D eigenvalue weighted by atomic mass is 9.91. The van der Waals surface area contributed by atoms with Crippen molar-refractivity contribution in [2.75, 3.05) is 10.6 Å². The summed E-state index contributed by atoms with van der Waals surface area (Å²) in [6, 6.07) is 18.3. The van der Waals surface area contributed by atoms with E-state index < -0.39 is 0 Å². The zero-order valence-electron chi connectivity index (χ0n) is 23.8. The number of anilines is 2. The van der Waals surface area contributed by atoms with Crippen LogP contribution in [-0.2, 0) is 28.9 Å². The maximum absolute atomic E-state index is 12.8. The van der Waals surface area contributed by atoms with E-state index in [2.05, 4.69) is 39.9 Å². The molecule has 0 bridgehead atoms. The molecule has 4 aromatic rings. The molecule has 0 saturated heterocycles. The smallest absolute Gasteiger partial charge is 0.230 e. The van der Waals surface area contributed by atoms with E-state index >= 15 is 0 Å². The summed E-state index contributed by atoms with van der Waals surface area (Å²) in [5.41, 5.74) is 3.63. The number of rotatable bonds is 9. The van der Waals surface area contributed by atoms with E-state index in [0.717, 1.165) is 60.4 Å². The van der Waals surface area contributed by atoms with Gasteiger partial charge in [0.2, 0.25) is 16.9 Å². The van der Waals surface area contributed by atoms with E-state index in [1.807, 2.05) is 12.1 Å². The van der Waals surface area contributed by atoms with Crippen LogP contribution < -0.4 is 10.6 Å². The van der Waals surface area contributed by atoms with Gasteiger partial charge in [-0.15, -0.1) is 21.5 Å². The number of hydrogen-bond acceptors (Lipinski definition) is 9. The van der Waals surface area contributed by atoms with Crippen molar-refractivity contribution in [3.05, 3.63) is 86.4 Å². The Morgan fingerprint density at radius 1 is 0.860 bits per heavy atom. The van der Waals surface area contributed by atoms with Crippen molar-refractivity contribution < 1.29 is 9.59 Å². The Bertz CT molecular complexity index is 1700. The van der Waals surface area contributed by atoms with Gasteiger partial charge in [0.1, 0.15) is 5.01 Å². The van der Waals surface area contributed by atoms with Crippen molar-refractivity contribution in [1.29, 1.82) is 10.5 Å². The van der Waals surface area contributed by atoms with Crippen molar-refractivity contribution in [2.45, 2.75) is 70.1 Å². The molecule has 2 N–H and O–H groups in total. The first-order valence-electron chi connectivity index (χ1n) is 14.3. The van der Waals surface area contributed by atoms with Crippen LogP contribution in [0.5, 0.6) is 0 Å². The summed E-state index contributed by atoms with van der Waals surface area (Å²) in [6.07, 6.45) is 6.26. The van der Waals surface area contributed by atoms with Crippen LogP contribution in [0, 0.1) is 22.7 Å². The van der Waals surface area contributed by atoms with E-state index in [9.17, 15) is 9.59 Å². The van der Waals surface area contributed by atoms with Crippen molar-refractivity contribution in [3.63, 3.8) is 0 Å². The predicted molar refractivity (Wildman–Crippen MR) is 167 cm³/mol. The van der Waals surface area contributed by atoms with Crippen LogP contribution in [0.1, 0.15) is 88.7 Å². The van der Waals surface area contributed by atoms with E-state index in [1.165, 1.54) is 16.2 Å². The third-order valence-electron chi connectivity index (χ3n) is 7.48. The van der Waals surface area contributed by atoms with Crippen LogP contribution in [-0.4, -0.2) is 27.0 Å². The van der Waals surface area contributed by atoms with Gasteiger partial charge in [-0.25, -0.2) is 4.98 Å². The fraction of sp³-hybridized carbons (Fsp3) is 0.344. The maximum atomic E-state index is 12.8. The van der Waals surface area contributed by atoms with Crippen LogP contribution in [0.4, 0.5) is 10.3 Å². The molecule has 0 radical (unpaired) electrons. The van der Waals surface area contributed by atoms with E-state index in [-0.39, 0.29) is 30.6 Å². The van der Waals surface area contributed by atoms with Crippen molar-refractivity contribution >= 4 is 44.8 Å². The minimum Gasteiger partial charge on any atom is -0.302 e. The van der Waals surface area contributed by atoms with Gasteiger partial charge in [0.05, 0.1) is 41.8 Å². The van der Waals surface area contributed by atoms with Crippen molar-refractivity contribution in [3.8, 4) is 12.1 Å². The summed E-state index contributed by atoms with van der Waals surface area (Å²) in [7, 11) is 0. The van der Waals surface area contributed by atoms with Gasteiger partial charge in [-0.2, -0.15) is 10.5 Å². The highest BCUT2D eigenvalue weighted by Crippen LogP contribution is 2.44. The molecule has 1 fully saturated rings. The number of aryl methyl sites for hydroxylation is 1. The number of carbonyl (C=O) groups excluding carboxylic acids is 2. The van der Waals surface area contributed by atoms with Gasteiger partial charge in [-0.05, 0) is 67.0 Å². The van der Waals surface area contributed by atoms with Gasteiger partial charge in [0.25, 0.3) is 0 Å². The fourth-order valence-electron chi connectivity index (χ4n) is 5.46. The lowest BCUT2D eigenvalue weighted by Gasteiger charge is -2.17. The average Bonchev–Trinajstić information content (AvgIpc) is 3.56. The van der Waals surface area contributed by atoms with Gasteiger partial charge in [0.15, 0.2) is 5.13 Å². The number of aromatic nitrogens is 3. The van der Waals surface area contributed by atoms with Crippen LogP contribution in [0.15, 0.2) is 48.5 Å². The van der Waals surface area contributed by atoms with Gasteiger partial charge >= 0.3 is 0 Å². The molecular weight excluding hydrogens is 579 g/mol. The average molecular weight is 610 g/mol. The number of benzene rings is 2. The molecule has 0 spiro atoms. The van der Waals surface area contributed by atoms with Gasteiger partial charge in [-0.1, -0.05) is 55.4 Å². The first-order chi connectivity index (χ1) is 20.9. The summed E-state index contributed by atoms with van der Waals surface area (Å²) >= 11 is 2.98. The van der Waals surface area contributed by atoms with Gasteiger partial charge in [0, 0.05) is 10.8 Å². The molecule has 2 atom stereocenters. The molecule has 43 heavy (non-hydrogen) atoms. The number of nitrogens with zero attached hydrogens (tertiary/aromatic N) is 5. The number of amides is 2. The molecule has 2 unspecified atom stereocenters. The lowest BCUT2D eigenvalue weighted by Crippen LogP contribution is -2.14. The van der Waals surface area contributed by atoms with Crippen LogP contribution in [0.3, 0.4) is 0 Å². The van der Waals surface area contributed by atoms with Crippen molar-refractivity contribution in [2.24, 2.45) is 0 Å². The molecule has 1 aliphatic carbocycles. The second kappa shape index (κ2) is 14.1. The zero-order chi connectivity index (χ0) is 30.2. The fourth-order valence-corrected chi connectivity index (χ4v) is 7.59. The summed E-state index contributed by atoms with van der Waals surface area (Å²) in [5.74, 6) is 0.173. The molecule has 0 aliphatic heterocycles. The van der Waals surface area contributed by atoms with Crippen molar-refractivity contribution in [1.82, 2.24) is 15.2 Å². The quantitative estimate of drug-likeness (QED) is 0.206.